The molecule has 2 atom stereocenters. The SMILES string of the molecule is CSCCC(NC(=O)c1ccc(C(SC)c2cnc[nH]2)cc1-c1ccccc1)C(=O)O. The molecule has 0 aliphatic rings. The highest BCUT2D eigenvalue weighted by molar-refractivity contribution is 7.99. The molecule has 1 aromatic heterocycles. The molecule has 3 rings (SSSR count). The summed E-state index contributed by atoms with van der Waals surface area (Å²) in [7, 11) is 0. The number of carbonyl (C=O) groups excluding carboxylic acids is 1. The zero-order valence-corrected chi connectivity index (χ0v) is 19.0. The second-order valence-corrected chi connectivity index (χ2v) is 8.87. The van der Waals surface area contributed by atoms with Crippen LogP contribution < -0.4 is 5.32 Å². The summed E-state index contributed by atoms with van der Waals surface area (Å²) in [6.45, 7) is 0. The molecule has 1 heterocycles. The Hall–Kier alpha value is -2.71. The summed E-state index contributed by atoms with van der Waals surface area (Å²) in [6.07, 6.45) is 7.76. The Labute approximate surface area is 190 Å². The molecule has 0 radical (unpaired) electrons. The van der Waals surface area contributed by atoms with Crippen LogP contribution in [-0.4, -0.2) is 51.3 Å². The second-order valence-electron chi connectivity index (χ2n) is 6.94. The van der Waals surface area contributed by atoms with E-state index in [9.17, 15) is 14.7 Å². The Bertz CT molecular complexity index is 1010. The second kappa shape index (κ2) is 11.1. The van der Waals surface area contributed by atoms with E-state index < -0.39 is 12.0 Å². The number of thioether (sulfide) groups is 2. The average Bonchev–Trinajstić information content (AvgIpc) is 3.32. The van der Waals surface area contributed by atoms with Crippen LogP contribution in [0.1, 0.15) is 33.3 Å². The predicted octanol–water partition coefficient (Wildman–Crippen LogP) is 4.47. The number of benzene rings is 2. The molecule has 3 aromatic rings. The molecule has 0 bridgehead atoms. The number of carboxylic acid groups (broad SMARTS) is 1. The van der Waals surface area contributed by atoms with Crippen LogP contribution in [-0.2, 0) is 4.79 Å². The molecule has 0 saturated carbocycles. The van der Waals surface area contributed by atoms with Gasteiger partial charge in [-0.25, -0.2) is 9.78 Å². The van der Waals surface area contributed by atoms with Crippen molar-refractivity contribution in [2.24, 2.45) is 0 Å². The van der Waals surface area contributed by atoms with Crippen molar-refractivity contribution in [3.05, 3.63) is 77.9 Å². The first-order valence-electron chi connectivity index (χ1n) is 9.78. The highest BCUT2D eigenvalue weighted by Gasteiger charge is 2.23. The fourth-order valence-electron chi connectivity index (χ4n) is 3.36. The lowest BCUT2D eigenvalue weighted by Gasteiger charge is -2.19. The van der Waals surface area contributed by atoms with Crippen molar-refractivity contribution in [3.63, 3.8) is 0 Å². The summed E-state index contributed by atoms with van der Waals surface area (Å²) in [5, 5.41) is 12.2. The van der Waals surface area contributed by atoms with E-state index >= 15 is 0 Å². The van der Waals surface area contributed by atoms with Crippen LogP contribution in [0.15, 0.2) is 61.1 Å². The molecule has 0 aliphatic heterocycles. The Balaban J connectivity index is 1.99. The molecule has 0 aliphatic carbocycles. The molecule has 162 valence electrons. The molecule has 0 fully saturated rings. The van der Waals surface area contributed by atoms with Gasteiger partial charge < -0.3 is 15.4 Å². The standard InChI is InChI=1S/C23H25N3O3S2/c1-30-11-10-19(23(28)29)26-22(27)17-9-8-16(21(31-2)20-13-24-14-25-20)12-18(17)15-6-4-3-5-7-15/h3-9,12-14,19,21H,10-11H2,1-2H3,(H,24,25)(H,26,27)(H,28,29). The summed E-state index contributed by atoms with van der Waals surface area (Å²) in [5.41, 5.74) is 4.13. The fraction of sp³-hybridized carbons (Fsp3) is 0.261. The third-order valence-corrected chi connectivity index (χ3v) is 6.57. The van der Waals surface area contributed by atoms with Gasteiger partial charge in [-0.15, -0.1) is 0 Å². The smallest absolute Gasteiger partial charge is 0.326 e. The topological polar surface area (TPSA) is 95.1 Å². The Kier molecular flexibility index (Phi) is 8.20. The molecular formula is C23H25N3O3S2. The third-order valence-electron chi connectivity index (χ3n) is 4.93. The molecule has 0 saturated heterocycles. The summed E-state index contributed by atoms with van der Waals surface area (Å²) in [4.78, 5) is 32.0. The molecule has 3 N–H and O–H groups in total. The van der Waals surface area contributed by atoms with E-state index in [-0.39, 0.29) is 11.2 Å². The molecule has 6 nitrogen and oxygen atoms in total. The van der Waals surface area contributed by atoms with Gasteiger partial charge >= 0.3 is 5.97 Å². The highest BCUT2D eigenvalue weighted by Crippen LogP contribution is 2.36. The van der Waals surface area contributed by atoms with Crippen molar-refractivity contribution in [2.75, 3.05) is 18.3 Å². The van der Waals surface area contributed by atoms with E-state index in [4.69, 9.17) is 0 Å². The first-order valence-corrected chi connectivity index (χ1v) is 12.5. The number of aliphatic carboxylic acids is 1. The fourth-order valence-corrected chi connectivity index (χ4v) is 4.63. The zero-order chi connectivity index (χ0) is 22.2. The number of imidazole rings is 1. The van der Waals surface area contributed by atoms with Crippen molar-refractivity contribution in [1.82, 2.24) is 15.3 Å². The lowest BCUT2D eigenvalue weighted by molar-refractivity contribution is -0.139. The van der Waals surface area contributed by atoms with Crippen LogP contribution in [0.3, 0.4) is 0 Å². The molecular weight excluding hydrogens is 430 g/mol. The van der Waals surface area contributed by atoms with Gasteiger partial charge in [-0.05, 0) is 53.5 Å². The van der Waals surface area contributed by atoms with Gasteiger partial charge in [0.2, 0.25) is 0 Å². The summed E-state index contributed by atoms with van der Waals surface area (Å²) < 4.78 is 0. The molecule has 2 unspecified atom stereocenters. The van der Waals surface area contributed by atoms with E-state index in [0.717, 1.165) is 22.4 Å². The maximum absolute atomic E-state index is 13.1. The van der Waals surface area contributed by atoms with Crippen molar-refractivity contribution in [3.8, 4) is 11.1 Å². The number of carbonyl (C=O) groups is 2. The monoisotopic (exact) mass is 455 g/mol. The van der Waals surface area contributed by atoms with Gasteiger partial charge in [0.05, 0.1) is 17.3 Å². The van der Waals surface area contributed by atoms with E-state index in [1.807, 2.05) is 55.0 Å². The van der Waals surface area contributed by atoms with Crippen molar-refractivity contribution >= 4 is 35.4 Å². The van der Waals surface area contributed by atoms with Gasteiger partial charge in [0, 0.05) is 11.8 Å². The quantitative estimate of drug-likeness (QED) is 0.418. The van der Waals surface area contributed by atoms with E-state index in [2.05, 4.69) is 15.3 Å². The zero-order valence-electron chi connectivity index (χ0n) is 17.4. The number of aromatic nitrogens is 2. The van der Waals surface area contributed by atoms with E-state index in [1.54, 1.807) is 42.1 Å². The van der Waals surface area contributed by atoms with E-state index in [1.165, 1.54) is 0 Å². The first kappa shape index (κ1) is 23.0. The highest BCUT2D eigenvalue weighted by atomic mass is 32.2. The van der Waals surface area contributed by atoms with E-state index in [0.29, 0.717) is 17.7 Å². The minimum absolute atomic E-state index is 0.0374. The number of hydrogen-bond acceptors (Lipinski definition) is 5. The third kappa shape index (κ3) is 5.71. The molecule has 31 heavy (non-hydrogen) atoms. The summed E-state index contributed by atoms with van der Waals surface area (Å²) in [5.74, 6) is -0.760. The number of amides is 1. The van der Waals surface area contributed by atoms with Crippen LogP contribution in [0.2, 0.25) is 0 Å². The van der Waals surface area contributed by atoms with Crippen molar-refractivity contribution in [1.29, 1.82) is 0 Å². The van der Waals surface area contributed by atoms with Crippen LogP contribution in [0.5, 0.6) is 0 Å². The molecule has 1 amide bonds. The van der Waals surface area contributed by atoms with Crippen LogP contribution in [0.4, 0.5) is 0 Å². The Morgan fingerprint density at radius 3 is 2.55 bits per heavy atom. The molecule has 2 aromatic carbocycles. The Morgan fingerprint density at radius 1 is 1.16 bits per heavy atom. The minimum Gasteiger partial charge on any atom is -0.480 e. The van der Waals surface area contributed by atoms with Crippen LogP contribution in [0.25, 0.3) is 11.1 Å². The molecule has 0 spiro atoms. The maximum atomic E-state index is 13.1. The van der Waals surface area contributed by atoms with Gasteiger partial charge in [-0.2, -0.15) is 23.5 Å². The largest absolute Gasteiger partial charge is 0.480 e. The first-order chi connectivity index (χ1) is 15.0. The summed E-state index contributed by atoms with van der Waals surface area (Å²) in [6, 6.07) is 14.4. The number of carboxylic acids is 1. The van der Waals surface area contributed by atoms with Gasteiger partial charge in [-0.1, -0.05) is 36.4 Å². The number of H-pyrrole nitrogens is 1. The maximum Gasteiger partial charge on any atom is 0.326 e. The average molecular weight is 456 g/mol. The number of hydrogen-bond donors (Lipinski definition) is 3. The number of aromatic amines is 1. The number of nitrogens with zero attached hydrogens (tertiary/aromatic N) is 1. The van der Waals surface area contributed by atoms with Crippen LogP contribution >= 0.6 is 23.5 Å². The van der Waals surface area contributed by atoms with Gasteiger partial charge in [-0.3, -0.25) is 4.79 Å². The van der Waals surface area contributed by atoms with Gasteiger partial charge in [0.15, 0.2) is 0 Å². The summed E-state index contributed by atoms with van der Waals surface area (Å²) >= 11 is 3.22. The molecule has 8 heteroatoms. The minimum atomic E-state index is -1.03. The van der Waals surface area contributed by atoms with Crippen molar-refractivity contribution in [2.45, 2.75) is 17.7 Å². The number of rotatable bonds is 10. The Morgan fingerprint density at radius 2 is 1.94 bits per heavy atom. The normalized spacial score (nSPS) is 12.8. The van der Waals surface area contributed by atoms with Crippen LogP contribution in [0, 0.1) is 0 Å². The van der Waals surface area contributed by atoms with Crippen molar-refractivity contribution < 1.29 is 14.7 Å². The van der Waals surface area contributed by atoms with Gasteiger partial charge in [0.25, 0.3) is 5.91 Å². The van der Waals surface area contributed by atoms with Gasteiger partial charge in [0.1, 0.15) is 6.04 Å². The lowest BCUT2D eigenvalue weighted by atomic mass is 9.95. The predicted molar refractivity (Wildman–Crippen MR) is 128 cm³/mol. The lowest BCUT2D eigenvalue weighted by Crippen LogP contribution is -2.41. The number of nitrogens with one attached hydrogen (secondary N) is 2.